The van der Waals surface area contributed by atoms with Crippen LogP contribution in [0.5, 0.6) is 5.88 Å². The first-order chi connectivity index (χ1) is 13.8. The van der Waals surface area contributed by atoms with E-state index >= 15 is 0 Å². The van der Waals surface area contributed by atoms with E-state index in [-0.39, 0.29) is 32.7 Å². The number of thiazole rings is 1. The minimum Gasteiger partial charge on any atom is -0.478 e. The number of hydrogen-bond donors (Lipinski definition) is 2. The molecule has 0 saturated heterocycles. The molecule has 0 aliphatic heterocycles. The van der Waals surface area contributed by atoms with Gasteiger partial charge in [0.25, 0.3) is 15.9 Å². The molecule has 0 aliphatic carbocycles. The summed E-state index contributed by atoms with van der Waals surface area (Å²) in [4.78, 5) is 12.4. The molecule has 2 heterocycles. The van der Waals surface area contributed by atoms with E-state index in [1.807, 2.05) is 5.38 Å². The number of sulfonamides is 1. The number of rotatable bonds is 8. The Morgan fingerprint density at radius 1 is 1.34 bits per heavy atom. The highest BCUT2D eigenvalue weighted by Crippen LogP contribution is 2.32. The van der Waals surface area contributed by atoms with Crippen molar-refractivity contribution in [1.29, 1.82) is 0 Å². The number of nitrogens with one attached hydrogen (secondary N) is 1. The van der Waals surface area contributed by atoms with Crippen LogP contribution in [0.25, 0.3) is 0 Å². The van der Waals surface area contributed by atoms with Gasteiger partial charge in [-0.1, -0.05) is 29.3 Å². The summed E-state index contributed by atoms with van der Waals surface area (Å²) in [5.74, 6) is 0.464. The molecule has 8 nitrogen and oxygen atoms in total. The van der Waals surface area contributed by atoms with Crippen molar-refractivity contribution in [3.05, 3.63) is 51.0 Å². The molecule has 0 amide bonds. The number of nitrogens with zero attached hydrogens (tertiary/aromatic N) is 3. The number of hydrogen-bond acceptors (Lipinski definition) is 9. The molecule has 3 N–H and O–H groups in total. The number of aromatic nitrogens is 3. The number of halogens is 2. The Bertz CT molecular complexity index is 1100. The minimum absolute atomic E-state index is 0.0135. The van der Waals surface area contributed by atoms with E-state index in [1.54, 1.807) is 6.20 Å². The molecule has 2 aromatic heterocycles. The molecule has 0 fully saturated rings. The van der Waals surface area contributed by atoms with Gasteiger partial charge < -0.3 is 10.5 Å². The van der Waals surface area contributed by atoms with E-state index in [1.165, 1.54) is 54.6 Å². The molecular weight excluding hydrogens is 477 g/mol. The number of ether oxygens (including phenoxy) is 1. The molecule has 0 bridgehead atoms. The summed E-state index contributed by atoms with van der Waals surface area (Å²) < 4.78 is 32.8. The fraction of sp³-hybridized carbons (Fsp3) is 0.188. The highest BCUT2D eigenvalue weighted by atomic mass is 35.5. The molecule has 3 aromatic rings. The average molecular weight is 492 g/mol. The van der Waals surface area contributed by atoms with Crippen molar-refractivity contribution < 1.29 is 13.2 Å². The smallest absolute Gasteiger partial charge is 0.264 e. The van der Waals surface area contributed by atoms with Crippen molar-refractivity contribution in [3.63, 3.8) is 0 Å². The van der Waals surface area contributed by atoms with E-state index in [9.17, 15) is 8.42 Å². The van der Waals surface area contributed by atoms with Gasteiger partial charge in [-0.3, -0.25) is 4.72 Å². The monoisotopic (exact) mass is 491 g/mol. The lowest BCUT2D eigenvalue weighted by atomic mass is 10.4. The third-order valence-electron chi connectivity index (χ3n) is 3.53. The van der Waals surface area contributed by atoms with Crippen LogP contribution in [0.2, 0.25) is 10.0 Å². The zero-order valence-corrected chi connectivity index (χ0v) is 18.8. The summed E-state index contributed by atoms with van der Waals surface area (Å²) in [6.45, 7) is 0. The molecule has 1 unspecified atom stereocenters. The second-order valence-electron chi connectivity index (χ2n) is 5.51. The number of anilines is 1. The Morgan fingerprint density at radius 3 is 2.83 bits per heavy atom. The molecular formula is C16H15Cl2N5O3S3. The Morgan fingerprint density at radius 2 is 2.14 bits per heavy atom. The first-order valence-electron chi connectivity index (χ1n) is 7.97. The molecule has 154 valence electrons. The van der Waals surface area contributed by atoms with Crippen molar-refractivity contribution in [2.45, 2.75) is 16.0 Å². The van der Waals surface area contributed by atoms with Crippen molar-refractivity contribution in [2.75, 3.05) is 17.6 Å². The number of nitrogens with two attached hydrogens (primary N) is 1. The normalized spacial score (nSPS) is 12.6. The van der Waals surface area contributed by atoms with Crippen molar-refractivity contribution >= 4 is 62.1 Å². The lowest BCUT2D eigenvalue weighted by Gasteiger charge is -2.13. The van der Waals surface area contributed by atoms with Gasteiger partial charge in [-0.2, -0.15) is 0 Å². The maximum Gasteiger partial charge on any atom is 0.264 e. The molecule has 0 saturated carbocycles. The zero-order valence-electron chi connectivity index (χ0n) is 14.9. The van der Waals surface area contributed by atoms with Crippen LogP contribution in [0, 0.1) is 0 Å². The largest absolute Gasteiger partial charge is 0.478 e. The van der Waals surface area contributed by atoms with E-state index in [0.29, 0.717) is 10.8 Å². The molecule has 1 atom stereocenters. The van der Waals surface area contributed by atoms with Crippen molar-refractivity contribution in [1.82, 2.24) is 15.0 Å². The van der Waals surface area contributed by atoms with Gasteiger partial charge in [0, 0.05) is 17.3 Å². The standard InChI is InChI=1S/C16H15Cl2N5O3S3/c1-26-15-14(23-29(24,25)11-4-2-3-9(17)13(11)18)21-7-12(22-15)28-8-10(19)16-20-5-6-27-16/h2-7,10H,8,19H2,1H3,(H,21,23). The average Bonchev–Trinajstić information content (AvgIpc) is 3.23. The van der Waals surface area contributed by atoms with Gasteiger partial charge >= 0.3 is 0 Å². The van der Waals surface area contributed by atoms with Crippen LogP contribution < -0.4 is 15.2 Å². The molecule has 0 spiro atoms. The van der Waals surface area contributed by atoms with Gasteiger partial charge in [-0.15, -0.1) is 23.1 Å². The van der Waals surface area contributed by atoms with E-state index < -0.39 is 10.0 Å². The highest BCUT2D eigenvalue weighted by molar-refractivity contribution is 7.99. The Kier molecular flexibility index (Phi) is 7.19. The van der Waals surface area contributed by atoms with Crippen LogP contribution in [0.4, 0.5) is 5.82 Å². The summed E-state index contributed by atoms with van der Waals surface area (Å²) in [5, 5.41) is 3.24. The summed E-state index contributed by atoms with van der Waals surface area (Å²) in [6.07, 6.45) is 3.12. The van der Waals surface area contributed by atoms with Gasteiger partial charge in [-0.25, -0.2) is 23.4 Å². The molecule has 13 heteroatoms. The first-order valence-corrected chi connectivity index (χ1v) is 12.1. The molecule has 1 aromatic carbocycles. The molecule has 3 rings (SSSR count). The zero-order chi connectivity index (χ0) is 21.0. The van der Waals surface area contributed by atoms with E-state index in [4.69, 9.17) is 33.7 Å². The molecule has 0 radical (unpaired) electrons. The number of methoxy groups -OCH3 is 1. The lowest BCUT2D eigenvalue weighted by Crippen LogP contribution is -2.16. The second kappa shape index (κ2) is 9.45. The quantitative estimate of drug-likeness (QED) is 0.455. The molecule has 0 aliphatic rings. The van der Waals surface area contributed by atoms with Crippen LogP contribution >= 0.6 is 46.3 Å². The predicted octanol–water partition coefficient (Wildman–Crippen LogP) is 3.84. The predicted molar refractivity (Wildman–Crippen MR) is 116 cm³/mol. The van der Waals surface area contributed by atoms with Crippen LogP contribution in [-0.4, -0.2) is 36.2 Å². The van der Waals surface area contributed by atoms with Gasteiger partial charge in [-0.05, 0) is 12.1 Å². The SMILES string of the molecule is COc1nc(SCC(N)c2nccs2)cnc1NS(=O)(=O)c1cccc(Cl)c1Cl. The maximum atomic E-state index is 12.7. The van der Waals surface area contributed by atoms with Crippen LogP contribution in [0.3, 0.4) is 0 Å². The summed E-state index contributed by atoms with van der Waals surface area (Å²) in [7, 11) is -2.68. The van der Waals surface area contributed by atoms with Crippen molar-refractivity contribution in [2.24, 2.45) is 5.73 Å². The molecule has 29 heavy (non-hydrogen) atoms. The second-order valence-corrected chi connectivity index (χ2v) is 9.91. The summed E-state index contributed by atoms with van der Waals surface area (Å²) in [5.41, 5.74) is 6.09. The number of thioether (sulfide) groups is 1. The summed E-state index contributed by atoms with van der Waals surface area (Å²) in [6, 6.07) is 4.06. The van der Waals surface area contributed by atoms with Crippen LogP contribution in [0.15, 0.2) is 45.9 Å². The fourth-order valence-corrected chi connectivity index (χ4v) is 5.48. The van der Waals surface area contributed by atoms with Crippen LogP contribution in [0.1, 0.15) is 11.0 Å². The van der Waals surface area contributed by atoms with E-state index in [2.05, 4.69) is 19.7 Å². The third kappa shape index (κ3) is 5.30. The lowest BCUT2D eigenvalue weighted by molar-refractivity contribution is 0.394. The van der Waals surface area contributed by atoms with Crippen LogP contribution in [-0.2, 0) is 10.0 Å². The van der Waals surface area contributed by atoms with Gasteiger partial charge in [0.1, 0.15) is 14.9 Å². The van der Waals surface area contributed by atoms with Gasteiger partial charge in [0.05, 0.1) is 29.4 Å². The Balaban J connectivity index is 1.77. The first kappa shape index (κ1) is 22.1. The Labute approximate surface area is 185 Å². The summed E-state index contributed by atoms with van der Waals surface area (Å²) >= 11 is 14.8. The fourth-order valence-electron chi connectivity index (χ4n) is 2.18. The highest BCUT2D eigenvalue weighted by Gasteiger charge is 2.23. The van der Waals surface area contributed by atoms with E-state index in [0.717, 1.165) is 5.01 Å². The topological polar surface area (TPSA) is 120 Å². The Hall–Kier alpha value is -1.63. The van der Waals surface area contributed by atoms with Gasteiger partial charge in [0.2, 0.25) is 5.82 Å². The van der Waals surface area contributed by atoms with Gasteiger partial charge in [0.15, 0.2) is 0 Å². The van der Waals surface area contributed by atoms with Crippen molar-refractivity contribution in [3.8, 4) is 5.88 Å². The minimum atomic E-state index is -4.05. The number of benzene rings is 1. The third-order valence-corrected chi connectivity index (χ3v) is 7.77. The maximum absolute atomic E-state index is 12.7.